The number of rotatable bonds is 7. The zero-order valence-corrected chi connectivity index (χ0v) is 22.1. The monoisotopic (exact) mass is 536 g/mol. The number of Topliss-reactive ketones (excluding diaryl/α,β-unsaturated/α-hetero) is 1. The van der Waals surface area contributed by atoms with Crippen molar-refractivity contribution in [3.8, 4) is 0 Å². The first-order chi connectivity index (χ1) is 17.8. The molecule has 38 heavy (non-hydrogen) atoms. The normalized spacial score (nSPS) is 21.2. The number of halogens is 1. The maximum absolute atomic E-state index is 12.5. The number of carboxylic acids is 1. The molecule has 3 fully saturated rings. The molecule has 0 saturated carbocycles. The number of hydrogen-bond donors (Lipinski definition) is 2. The summed E-state index contributed by atoms with van der Waals surface area (Å²) in [5, 5.41) is 12.0. The third-order valence-corrected chi connectivity index (χ3v) is 7.11. The molecule has 3 aromatic carbocycles. The summed E-state index contributed by atoms with van der Waals surface area (Å²) in [5.41, 5.74) is 2.76. The molecule has 3 aromatic rings. The highest BCUT2D eigenvalue weighted by molar-refractivity contribution is 5.97. The second kappa shape index (κ2) is 13.2. The number of carbonyl (C=O) groups is 3. The Labute approximate surface area is 229 Å². The first kappa shape index (κ1) is 28.9. The number of para-hydroxylation sites is 1. The van der Waals surface area contributed by atoms with Gasteiger partial charge in [-0.15, -0.1) is 0 Å². The summed E-state index contributed by atoms with van der Waals surface area (Å²) in [4.78, 5) is 34.5. The zero-order valence-electron chi connectivity index (χ0n) is 21.4. The average Bonchev–Trinajstić information content (AvgIpc) is 2.90. The zero-order chi connectivity index (χ0) is 26.3. The van der Waals surface area contributed by atoms with E-state index in [0.717, 1.165) is 53.9 Å². The number of quaternary nitrogens is 1. The number of hydrogen-bond acceptors (Lipinski definition) is 5. The van der Waals surface area contributed by atoms with Crippen LogP contribution in [0.25, 0.3) is 0 Å². The van der Waals surface area contributed by atoms with Crippen LogP contribution in [0.1, 0.15) is 40.5 Å². The van der Waals surface area contributed by atoms with E-state index < -0.39 is 5.97 Å². The Bertz CT molecular complexity index is 1230. The highest BCUT2D eigenvalue weighted by Crippen LogP contribution is 2.35. The van der Waals surface area contributed by atoms with Crippen LogP contribution in [0, 0.1) is 5.92 Å². The number of piperidine rings is 3. The topological polar surface area (TPSA) is 92.7 Å². The number of nitrogens with one attached hydrogen (secondary N) is 1. The van der Waals surface area contributed by atoms with Crippen molar-refractivity contribution in [2.45, 2.75) is 25.9 Å². The number of carboxylic acid groups (broad SMARTS) is 1. The lowest BCUT2D eigenvalue weighted by atomic mass is 9.83. The summed E-state index contributed by atoms with van der Waals surface area (Å²) in [6.07, 6.45) is 2.11. The molecule has 3 heterocycles. The number of carbonyl (C=O) groups excluding carboxylic acids is 2. The van der Waals surface area contributed by atoms with E-state index in [-0.39, 0.29) is 35.8 Å². The van der Waals surface area contributed by atoms with Gasteiger partial charge in [0, 0.05) is 42.6 Å². The number of esters is 1. The summed E-state index contributed by atoms with van der Waals surface area (Å²) >= 11 is 0. The second-order valence-electron chi connectivity index (χ2n) is 9.78. The van der Waals surface area contributed by atoms with E-state index >= 15 is 0 Å². The van der Waals surface area contributed by atoms with Crippen LogP contribution in [-0.4, -0.2) is 59.6 Å². The Hall–Kier alpha value is -3.68. The highest BCUT2D eigenvalue weighted by Gasteiger charge is 2.48. The quantitative estimate of drug-likeness (QED) is 0.273. The minimum absolute atomic E-state index is 0. The lowest BCUT2D eigenvalue weighted by Crippen LogP contribution is -3.00. The second-order valence-corrected chi connectivity index (χ2v) is 9.78. The third kappa shape index (κ3) is 7.66. The third-order valence-electron chi connectivity index (χ3n) is 7.11. The van der Waals surface area contributed by atoms with Gasteiger partial charge in [-0.1, -0.05) is 54.6 Å². The Balaban J connectivity index is 0.000000213. The van der Waals surface area contributed by atoms with Crippen molar-refractivity contribution < 1.29 is 41.1 Å². The SMILES string of the molecule is CC(=O)O[C@H]1C[N+]2(CC(=O)c3ccccc3)CCC1CC2.O=C(O)c1cccc(Nc2ccccc2)c1.[Cl-]. The van der Waals surface area contributed by atoms with Crippen LogP contribution in [-0.2, 0) is 9.53 Å². The number of ketones is 1. The average molecular weight is 537 g/mol. The molecule has 0 aromatic heterocycles. The van der Waals surface area contributed by atoms with Gasteiger partial charge in [-0.25, -0.2) is 4.79 Å². The number of benzene rings is 3. The number of fused-ring (bicyclic) bond motifs is 3. The van der Waals surface area contributed by atoms with Crippen molar-refractivity contribution in [1.82, 2.24) is 0 Å². The van der Waals surface area contributed by atoms with Crippen molar-refractivity contribution in [1.29, 1.82) is 0 Å². The standard InChI is InChI=1S/C17H22NO3.C13H11NO2.ClH/c1-13(19)21-17-12-18(9-7-15(17)8-10-18)11-16(20)14-5-3-2-4-6-14;15-13(16)10-5-4-8-12(9-10)14-11-6-2-1-3-7-11;/h2-6,15,17H,7-12H2,1H3;1-9,14H,(H,15,16);1H/q+1;;/p-1/t15?,17-,18?;;/m0../s1. The summed E-state index contributed by atoms with van der Waals surface area (Å²) in [6, 6.07) is 25.8. The molecule has 200 valence electrons. The van der Waals surface area contributed by atoms with E-state index in [0.29, 0.717) is 12.5 Å². The molecule has 0 amide bonds. The molecule has 1 atom stereocenters. The number of ether oxygens (including phenoxy) is 1. The van der Waals surface area contributed by atoms with Crippen molar-refractivity contribution in [2.24, 2.45) is 5.92 Å². The molecule has 2 bridgehead atoms. The van der Waals surface area contributed by atoms with E-state index in [2.05, 4.69) is 5.32 Å². The van der Waals surface area contributed by atoms with Crippen molar-refractivity contribution >= 4 is 29.1 Å². The molecule has 7 nitrogen and oxygen atoms in total. The fourth-order valence-electron chi connectivity index (χ4n) is 5.23. The van der Waals surface area contributed by atoms with Crippen LogP contribution >= 0.6 is 0 Å². The lowest BCUT2D eigenvalue weighted by Gasteiger charge is -2.51. The minimum atomic E-state index is -0.920. The Morgan fingerprint density at radius 3 is 2.05 bits per heavy atom. The van der Waals surface area contributed by atoms with Gasteiger partial charge in [0.2, 0.25) is 5.78 Å². The van der Waals surface area contributed by atoms with Gasteiger partial charge in [0.05, 0.1) is 18.7 Å². The molecular formula is C30H33ClN2O5. The largest absolute Gasteiger partial charge is 1.00 e. The number of anilines is 2. The van der Waals surface area contributed by atoms with Gasteiger partial charge < -0.3 is 32.1 Å². The van der Waals surface area contributed by atoms with Gasteiger partial charge in [-0.2, -0.15) is 0 Å². The van der Waals surface area contributed by atoms with Crippen molar-refractivity contribution in [3.63, 3.8) is 0 Å². The van der Waals surface area contributed by atoms with E-state index in [1.54, 1.807) is 18.2 Å². The van der Waals surface area contributed by atoms with Crippen LogP contribution in [0.15, 0.2) is 84.9 Å². The van der Waals surface area contributed by atoms with Crippen LogP contribution in [0.5, 0.6) is 0 Å². The first-order valence-corrected chi connectivity index (χ1v) is 12.6. The minimum Gasteiger partial charge on any atom is -1.00 e. The predicted octanol–water partition coefficient (Wildman–Crippen LogP) is 2.17. The van der Waals surface area contributed by atoms with Crippen molar-refractivity contribution in [2.75, 3.05) is 31.5 Å². The molecule has 2 N–H and O–H groups in total. The van der Waals surface area contributed by atoms with Crippen LogP contribution in [0.2, 0.25) is 0 Å². The fraction of sp³-hybridized carbons (Fsp3) is 0.300. The summed E-state index contributed by atoms with van der Waals surface area (Å²) in [6.45, 7) is 4.84. The number of nitrogens with zero attached hydrogens (tertiary/aromatic N) is 1. The van der Waals surface area contributed by atoms with Crippen molar-refractivity contribution in [3.05, 3.63) is 96.1 Å². The molecule has 3 aliphatic heterocycles. The van der Waals surface area contributed by atoms with Gasteiger partial charge in [0.1, 0.15) is 13.1 Å². The smallest absolute Gasteiger partial charge is 0.335 e. The van der Waals surface area contributed by atoms with Gasteiger partial charge >= 0.3 is 11.9 Å². The Kier molecular flexibility index (Phi) is 10.0. The summed E-state index contributed by atoms with van der Waals surface area (Å²) < 4.78 is 6.25. The van der Waals surface area contributed by atoms with E-state index in [9.17, 15) is 14.4 Å². The van der Waals surface area contributed by atoms with E-state index in [1.807, 2.05) is 66.7 Å². The fourth-order valence-corrected chi connectivity index (χ4v) is 5.23. The lowest BCUT2D eigenvalue weighted by molar-refractivity contribution is -0.938. The van der Waals surface area contributed by atoms with E-state index in [1.165, 1.54) is 6.92 Å². The van der Waals surface area contributed by atoms with Gasteiger partial charge in [-0.3, -0.25) is 9.59 Å². The summed E-state index contributed by atoms with van der Waals surface area (Å²) in [5.74, 6) is -0.448. The molecule has 0 unspecified atom stereocenters. The van der Waals surface area contributed by atoms with Crippen LogP contribution in [0.3, 0.4) is 0 Å². The molecule has 3 aliphatic rings. The van der Waals surface area contributed by atoms with Gasteiger partial charge in [0.15, 0.2) is 6.10 Å². The maximum atomic E-state index is 12.5. The summed E-state index contributed by atoms with van der Waals surface area (Å²) in [7, 11) is 0. The molecule has 8 heteroatoms. The molecule has 0 radical (unpaired) electrons. The van der Waals surface area contributed by atoms with Gasteiger partial charge in [-0.05, 0) is 30.3 Å². The highest BCUT2D eigenvalue weighted by atomic mass is 35.5. The number of aromatic carboxylic acids is 1. The maximum Gasteiger partial charge on any atom is 0.335 e. The van der Waals surface area contributed by atoms with Crippen LogP contribution in [0.4, 0.5) is 11.4 Å². The van der Waals surface area contributed by atoms with E-state index in [4.69, 9.17) is 9.84 Å². The molecule has 3 saturated heterocycles. The molecule has 6 rings (SSSR count). The first-order valence-electron chi connectivity index (χ1n) is 12.6. The predicted molar refractivity (Wildman–Crippen MR) is 142 cm³/mol. The Morgan fingerprint density at radius 1 is 0.868 bits per heavy atom. The van der Waals surface area contributed by atoms with Gasteiger partial charge in [0.25, 0.3) is 0 Å². The Morgan fingerprint density at radius 2 is 1.45 bits per heavy atom. The molecular weight excluding hydrogens is 504 g/mol. The molecule has 0 spiro atoms. The molecule has 0 aliphatic carbocycles. The van der Waals surface area contributed by atoms with Crippen LogP contribution < -0.4 is 17.7 Å².